The van der Waals surface area contributed by atoms with Crippen molar-refractivity contribution < 1.29 is 18.6 Å². The van der Waals surface area contributed by atoms with Crippen LogP contribution in [0.4, 0.5) is 10.1 Å². The molecular formula is C25H24FN5O3. The molecular weight excluding hydrogens is 437 g/mol. The standard InChI is InChI=1S/C25H24FN5O3/c1-24(2)13-31(8-9-33-24)16-11-19-22(29-12-16)34-20-6-5-15(17-4-3-7-28-21(17)26)10-18(20)25(19)14-32-23(27)30-25/h3-7,10-12H,8-9,13-14H2,1-2H3,(H2,27,30)/t25-/m0/s1. The van der Waals surface area contributed by atoms with E-state index in [2.05, 4.69) is 28.7 Å². The molecule has 3 aliphatic heterocycles. The molecule has 174 valence electrons. The molecule has 6 rings (SSSR count). The maximum absolute atomic E-state index is 14.5. The number of nitrogens with two attached hydrogens (primary N) is 1. The lowest BCUT2D eigenvalue weighted by atomic mass is 9.81. The monoisotopic (exact) mass is 461 g/mol. The van der Waals surface area contributed by atoms with E-state index < -0.39 is 11.5 Å². The van der Waals surface area contributed by atoms with Gasteiger partial charge in [0.05, 0.1) is 29.7 Å². The van der Waals surface area contributed by atoms with Crippen LogP contribution in [0, 0.1) is 5.95 Å². The van der Waals surface area contributed by atoms with Gasteiger partial charge in [-0.25, -0.2) is 15.0 Å². The summed E-state index contributed by atoms with van der Waals surface area (Å²) in [5.41, 5.74) is 8.29. The van der Waals surface area contributed by atoms with Crippen molar-refractivity contribution in [3.63, 3.8) is 0 Å². The van der Waals surface area contributed by atoms with Crippen molar-refractivity contribution >= 4 is 11.7 Å². The minimum absolute atomic E-state index is 0.0923. The Balaban J connectivity index is 1.49. The molecule has 0 unspecified atom stereocenters. The van der Waals surface area contributed by atoms with Crippen molar-refractivity contribution in [2.24, 2.45) is 10.7 Å². The number of nitrogens with zero attached hydrogens (tertiary/aromatic N) is 4. The first-order valence-electron chi connectivity index (χ1n) is 11.2. The largest absolute Gasteiger partial charge is 0.462 e. The molecule has 9 heteroatoms. The van der Waals surface area contributed by atoms with Crippen LogP contribution in [0.25, 0.3) is 11.1 Å². The van der Waals surface area contributed by atoms with E-state index in [9.17, 15) is 4.39 Å². The molecule has 5 heterocycles. The average molecular weight is 461 g/mol. The summed E-state index contributed by atoms with van der Waals surface area (Å²) in [6.45, 7) is 6.44. The number of aromatic nitrogens is 2. The fourth-order valence-electron chi connectivity index (χ4n) is 4.90. The van der Waals surface area contributed by atoms with Crippen LogP contribution in [-0.2, 0) is 15.0 Å². The normalized spacial score (nSPS) is 22.4. The van der Waals surface area contributed by atoms with E-state index in [1.54, 1.807) is 30.5 Å². The topological polar surface area (TPSA) is 95.1 Å². The van der Waals surface area contributed by atoms with Crippen LogP contribution in [0.3, 0.4) is 0 Å². The summed E-state index contributed by atoms with van der Waals surface area (Å²) in [6, 6.07) is 11.0. The molecule has 3 aromatic rings. The van der Waals surface area contributed by atoms with Gasteiger partial charge in [0.15, 0.2) is 5.54 Å². The lowest BCUT2D eigenvalue weighted by Crippen LogP contribution is -2.48. The van der Waals surface area contributed by atoms with Gasteiger partial charge in [0, 0.05) is 30.4 Å². The summed E-state index contributed by atoms with van der Waals surface area (Å²) in [7, 11) is 0. The first-order valence-corrected chi connectivity index (χ1v) is 11.2. The number of fused-ring (bicyclic) bond motifs is 4. The van der Waals surface area contributed by atoms with Crippen LogP contribution >= 0.6 is 0 Å². The maximum Gasteiger partial charge on any atom is 0.283 e. The Labute approximate surface area is 196 Å². The second kappa shape index (κ2) is 7.39. The zero-order valence-electron chi connectivity index (χ0n) is 18.9. The zero-order chi connectivity index (χ0) is 23.5. The third-order valence-electron chi connectivity index (χ3n) is 6.50. The van der Waals surface area contributed by atoms with E-state index in [0.717, 1.165) is 29.9 Å². The second-order valence-corrected chi connectivity index (χ2v) is 9.33. The van der Waals surface area contributed by atoms with Gasteiger partial charge in [-0.2, -0.15) is 4.39 Å². The second-order valence-electron chi connectivity index (χ2n) is 9.33. The molecule has 1 spiro atoms. The van der Waals surface area contributed by atoms with E-state index in [1.165, 1.54) is 6.20 Å². The molecule has 34 heavy (non-hydrogen) atoms. The molecule has 0 radical (unpaired) electrons. The van der Waals surface area contributed by atoms with Crippen LogP contribution in [0.2, 0.25) is 0 Å². The van der Waals surface area contributed by atoms with Crippen molar-refractivity contribution in [2.45, 2.75) is 25.0 Å². The van der Waals surface area contributed by atoms with E-state index in [-0.39, 0.29) is 18.2 Å². The smallest absolute Gasteiger partial charge is 0.283 e. The number of amidine groups is 1. The first-order chi connectivity index (χ1) is 16.3. The number of aliphatic imine (C=N–C) groups is 1. The Morgan fingerprint density at radius 1 is 1.12 bits per heavy atom. The third kappa shape index (κ3) is 3.27. The Hall–Kier alpha value is -3.72. The van der Waals surface area contributed by atoms with Crippen molar-refractivity contribution in [1.29, 1.82) is 0 Å². The highest BCUT2D eigenvalue weighted by Gasteiger charge is 2.48. The van der Waals surface area contributed by atoms with Gasteiger partial charge < -0.3 is 24.8 Å². The van der Waals surface area contributed by atoms with E-state index in [0.29, 0.717) is 29.4 Å². The highest BCUT2D eigenvalue weighted by atomic mass is 19.1. The molecule has 1 atom stereocenters. The van der Waals surface area contributed by atoms with Crippen molar-refractivity contribution in [3.8, 4) is 22.8 Å². The first kappa shape index (κ1) is 20.9. The Bertz CT molecular complexity index is 1330. The number of hydrogen-bond donors (Lipinski definition) is 1. The summed E-state index contributed by atoms with van der Waals surface area (Å²) >= 11 is 0. The summed E-state index contributed by atoms with van der Waals surface area (Å²) < 4.78 is 32.2. The molecule has 2 aromatic heterocycles. The fraction of sp³-hybridized carbons (Fsp3) is 0.320. The molecule has 0 bridgehead atoms. The highest BCUT2D eigenvalue weighted by Crippen LogP contribution is 2.51. The van der Waals surface area contributed by atoms with Crippen molar-refractivity contribution in [2.75, 3.05) is 31.2 Å². The molecule has 1 saturated heterocycles. The lowest BCUT2D eigenvalue weighted by Gasteiger charge is -2.40. The van der Waals surface area contributed by atoms with Gasteiger partial charge >= 0.3 is 0 Å². The van der Waals surface area contributed by atoms with Crippen LogP contribution in [-0.4, -0.2) is 47.9 Å². The van der Waals surface area contributed by atoms with Gasteiger partial charge in [0.25, 0.3) is 6.02 Å². The zero-order valence-corrected chi connectivity index (χ0v) is 18.9. The minimum Gasteiger partial charge on any atom is -0.462 e. The quantitative estimate of drug-likeness (QED) is 0.583. The summed E-state index contributed by atoms with van der Waals surface area (Å²) in [5, 5.41) is 0. The number of halogens is 1. The number of pyridine rings is 2. The highest BCUT2D eigenvalue weighted by molar-refractivity contribution is 5.78. The van der Waals surface area contributed by atoms with Crippen LogP contribution in [0.5, 0.6) is 11.6 Å². The van der Waals surface area contributed by atoms with Gasteiger partial charge in [-0.05, 0) is 49.7 Å². The predicted octanol–water partition coefficient (Wildman–Crippen LogP) is 3.59. The average Bonchev–Trinajstić information content (AvgIpc) is 3.21. The van der Waals surface area contributed by atoms with E-state index >= 15 is 0 Å². The van der Waals surface area contributed by atoms with Crippen molar-refractivity contribution in [3.05, 3.63) is 65.9 Å². The van der Waals surface area contributed by atoms with Gasteiger partial charge in [0.2, 0.25) is 11.8 Å². The number of anilines is 1. The van der Waals surface area contributed by atoms with E-state index in [4.69, 9.17) is 24.9 Å². The Morgan fingerprint density at radius 3 is 2.76 bits per heavy atom. The van der Waals surface area contributed by atoms with Gasteiger partial charge in [0.1, 0.15) is 12.4 Å². The molecule has 1 fully saturated rings. The van der Waals surface area contributed by atoms with Crippen LogP contribution < -0.4 is 15.4 Å². The number of ether oxygens (including phenoxy) is 3. The number of rotatable bonds is 2. The van der Waals surface area contributed by atoms with Crippen LogP contribution in [0.15, 0.2) is 53.8 Å². The molecule has 2 N–H and O–H groups in total. The van der Waals surface area contributed by atoms with Gasteiger partial charge in [-0.15, -0.1) is 0 Å². The predicted molar refractivity (Wildman–Crippen MR) is 125 cm³/mol. The SMILES string of the molecule is CC1(C)CN(c2cnc3c(c2)[C@]2(COC(N)=N2)c2cc(-c4cccnc4F)ccc2O3)CCO1. The third-order valence-corrected chi connectivity index (χ3v) is 6.50. The Morgan fingerprint density at radius 2 is 2.00 bits per heavy atom. The van der Waals surface area contributed by atoms with Gasteiger partial charge in [-0.3, -0.25) is 0 Å². The number of morpholine rings is 1. The molecule has 3 aliphatic rings. The molecule has 0 amide bonds. The summed E-state index contributed by atoms with van der Waals surface area (Å²) in [5.74, 6) is 0.486. The number of hydrogen-bond acceptors (Lipinski definition) is 8. The minimum atomic E-state index is -0.952. The van der Waals surface area contributed by atoms with E-state index in [1.807, 2.05) is 12.1 Å². The molecule has 1 aromatic carbocycles. The molecule has 8 nitrogen and oxygen atoms in total. The maximum atomic E-state index is 14.5. The molecule has 0 saturated carbocycles. The summed E-state index contributed by atoms with van der Waals surface area (Å²) in [4.78, 5) is 15.4. The van der Waals surface area contributed by atoms with Crippen LogP contribution in [0.1, 0.15) is 25.0 Å². The Kier molecular flexibility index (Phi) is 4.54. The lowest BCUT2D eigenvalue weighted by molar-refractivity contribution is -0.0277. The molecule has 0 aliphatic carbocycles. The summed E-state index contributed by atoms with van der Waals surface area (Å²) in [6.07, 6.45) is 3.23. The van der Waals surface area contributed by atoms with Crippen molar-refractivity contribution in [1.82, 2.24) is 9.97 Å². The number of benzene rings is 1. The van der Waals surface area contributed by atoms with Gasteiger partial charge in [-0.1, -0.05) is 6.07 Å². The fourth-order valence-corrected chi connectivity index (χ4v) is 4.90.